The quantitative estimate of drug-likeness (QED) is 0.0727. The number of nitrogens with one attached hydrogen (secondary N) is 3. The highest BCUT2D eigenvalue weighted by Crippen LogP contribution is 2.38. The molecule has 50 heavy (non-hydrogen) atoms. The second-order valence-electron chi connectivity index (χ2n) is 11.6. The zero-order valence-electron chi connectivity index (χ0n) is 27.4. The zero-order valence-corrected chi connectivity index (χ0v) is 29.0. The van der Waals surface area contributed by atoms with Crippen LogP contribution in [0.3, 0.4) is 0 Å². The van der Waals surface area contributed by atoms with Crippen LogP contribution < -0.4 is 16.0 Å². The van der Waals surface area contributed by atoms with Crippen LogP contribution >= 0.6 is 23.1 Å². The molecule has 1 heterocycles. The van der Waals surface area contributed by atoms with E-state index in [-0.39, 0.29) is 17.4 Å². The number of ether oxygens (including phenoxy) is 1. The molecule has 1 aliphatic carbocycles. The Morgan fingerprint density at radius 2 is 1.50 bits per heavy atom. The van der Waals surface area contributed by atoms with Crippen LogP contribution in [0.2, 0.25) is 0 Å². The van der Waals surface area contributed by atoms with E-state index >= 15 is 0 Å². The molecule has 0 unspecified atom stereocenters. The first-order chi connectivity index (χ1) is 24.4. The van der Waals surface area contributed by atoms with Crippen molar-refractivity contribution >= 4 is 63.6 Å². The molecule has 1 aromatic heterocycles. The van der Waals surface area contributed by atoms with Crippen LogP contribution in [0.15, 0.2) is 120 Å². The number of anilines is 2. The lowest BCUT2D eigenvalue weighted by Gasteiger charge is -2.13. The minimum atomic E-state index is -0.502. The van der Waals surface area contributed by atoms with Gasteiger partial charge in [0.25, 0.3) is 11.8 Å². The van der Waals surface area contributed by atoms with Crippen LogP contribution in [0.4, 0.5) is 10.7 Å². The van der Waals surface area contributed by atoms with Crippen molar-refractivity contribution in [1.29, 1.82) is 0 Å². The third-order valence-corrected chi connectivity index (χ3v) is 10.3. The molecule has 0 bridgehead atoms. The molecular formula is C40H35N3O5S2. The van der Waals surface area contributed by atoms with Crippen molar-refractivity contribution in [3.8, 4) is 11.1 Å². The standard InChI is InChI=1S/C40H35N3O5S2/c1-48-40(47)36-32-17-8-9-18-34(32)50-39(36)43-35(44)25-49-31-16-10-15-30(24-31)41-38(46)33(42-37(45)29-13-6-3-7-14-29)23-26-19-21-28(22-20-26)27-11-4-2-5-12-27/h2-7,10-16,19-24H,8-9,17-18,25H2,1H3,(H,41,46)(H,42,45)(H,43,44)/b33-23+. The lowest BCUT2D eigenvalue weighted by molar-refractivity contribution is -0.114. The van der Waals surface area contributed by atoms with E-state index in [1.807, 2.05) is 66.7 Å². The fraction of sp³-hybridized carbons (Fsp3) is 0.150. The van der Waals surface area contributed by atoms with Crippen LogP contribution in [0.25, 0.3) is 17.2 Å². The van der Waals surface area contributed by atoms with Gasteiger partial charge in [0, 0.05) is 21.0 Å². The topological polar surface area (TPSA) is 114 Å². The van der Waals surface area contributed by atoms with Crippen LogP contribution in [-0.2, 0) is 27.2 Å². The summed E-state index contributed by atoms with van der Waals surface area (Å²) in [4.78, 5) is 54.2. The summed E-state index contributed by atoms with van der Waals surface area (Å²) in [5.74, 6) is -1.50. The van der Waals surface area contributed by atoms with Gasteiger partial charge in [-0.15, -0.1) is 23.1 Å². The summed E-state index contributed by atoms with van der Waals surface area (Å²) in [7, 11) is 1.35. The normalized spacial score (nSPS) is 12.4. The number of hydrogen-bond acceptors (Lipinski definition) is 7. The SMILES string of the molecule is COC(=O)c1c(NC(=O)CSc2cccc(NC(=O)/C(=C\c3ccc(-c4ccccc4)cc3)NC(=O)c3ccccc3)c2)sc2c1CCCC2. The summed E-state index contributed by atoms with van der Waals surface area (Å²) in [5.41, 5.74) is 5.28. The van der Waals surface area contributed by atoms with Gasteiger partial charge in [-0.3, -0.25) is 14.4 Å². The number of amides is 3. The monoisotopic (exact) mass is 701 g/mol. The van der Waals surface area contributed by atoms with Gasteiger partial charge in [-0.1, -0.05) is 78.9 Å². The Morgan fingerprint density at radius 3 is 2.24 bits per heavy atom. The predicted octanol–water partition coefficient (Wildman–Crippen LogP) is 8.22. The molecule has 0 fully saturated rings. The van der Waals surface area contributed by atoms with E-state index < -0.39 is 17.8 Å². The molecule has 0 atom stereocenters. The molecule has 8 nitrogen and oxygen atoms in total. The molecule has 0 saturated carbocycles. The van der Waals surface area contributed by atoms with Crippen LogP contribution in [0.1, 0.15) is 49.6 Å². The second kappa shape index (κ2) is 16.3. The third-order valence-electron chi connectivity index (χ3n) is 8.13. The number of thiophene rings is 1. The largest absolute Gasteiger partial charge is 0.465 e. The molecule has 4 aromatic carbocycles. The first kappa shape index (κ1) is 34.4. The fourth-order valence-corrected chi connectivity index (χ4v) is 7.71. The Kier molecular flexibility index (Phi) is 11.2. The molecule has 6 rings (SSSR count). The van der Waals surface area contributed by atoms with E-state index in [4.69, 9.17) is 4.74 Å². The van der Waals surface area contributed by atoms with Crippen LogP contribution in [0.5, 0.6) is 0 Å². The molecular weight excluding hydrogens is 667 g/mol. The first-order valence-electron chi connectivity index (χ1n) is 16.2. The highest BCUT2D eigenvalue weighted by Gasteiger charge is 2.27. The average Bonchev–Trinajstić information content (AvgIpc) is 3.52. The van der Waals surface area contributed by atoms with Gasteiger partial charge in [0.2, 0.25) is 5.91 Å². The Morgan fingerprint density at radius 1 is 0.800 bits per heavy atom. The predicted molar refractivity (Wildman–Crippen MR) is 200 cm³/mol. The van der Waals surface area contributed by atoms with Gasteiger partial charge in [-0.05, 0) is 84.3 Å². The highest BCUT2D eigenvalue weighted by atomic mass is 32.2. The summed E-state index contributed by atoms with van der Waals surface area (Å²) < 4.78 is 5.02. The molecule has 0 saturated heterocycles. The van der Waals surface area contributed by atoms with Crippen LogP contribution in [0, 0.1) is 0 Å². The van der Waals surface area contributed by atoms with Gasteiger partial charge in [-0.2, -0.15) is 0 Å². The van der Waals surface area contributed by atoms with E-state index in [0.717, 1.165) is 57.7 Å². The van der Waals surface area contributed by atoms with Crippen molar-refractivity contribution in [3.05, 3.63) is 142 Å². The minimum absolute atomic E-state index is 0.0730. The molecule has 3 amide bonds. The number of carbonyl (C=O) groups is 4. The Bertz CT molecular complexity index is 2040. The van der Waals surface area contributed by atoms with Crippen molar-refractivity contribution < 1.29 is 23.9 Å². The maximum absolute atomic E-state index is 13.6. The molecule has 5 aromatic rings. The van der Waals surface area contributed by atoms with Gasteiger partial charge < -0.3 is 20.7 Å². The summed E-state index contributed by atoms with van der Waals surface area (Å²) in [5, 5.41) is 9.13. The summed E-state index contributed by atoms with van der Waals surface area (Å²) in [6.45, 7) is 0. The summed E-state index contributed by atoms with van der Waals surface area (Å²) in [6, 6.07) is 33.5. The summed E-state index contributed by atoms with van der Waals surface area (Å²) in [6.07, 6.45) is 5.39. The maximum Gasteiger partial charge on any atom is 0.341 e. The number of benzene rings is 4. The number of hydrogen-bond donors (Lipinski definition) is 3. The van der Waals surface area contributed by atoms with Gasteiger partial charge in [0.05, 0.1) is 18.4 Å². The number of carbonyl (C=O) groups excluding carboxylic acids is 4. The molecule has 3 N–H and O–H groups in total. The molecule has 0 spiro atoms. The van der Waals surface area contributed by atoms with Crippen molar-refractivity contribution in [1.82, 2.24) is 5.32 Å². The van der Waals surface area contributed by atoms with Crippen molar-refractivity contribution in [2.24, 2.45) is 0 Å². The lowest BCUT2D eigenvalue weighted by atomic mass is 9.95. The number of rotatable bonds is 11. The zero-order chi connectivity index (χ0) is 34.9. The number of methoxy groups -OCH3 is 1. The van der Waals surface area contributed by atoms with E-state index in [1.165, 1.54) is 30.2 Å². The van der Waals surface area contributed by atoms with Gasteiger partial charge in [0.1, 0.15) is 10.7 Å². The van der Waals surface area contributed by atoms with E-state index in [0.29, 0.717) is 21.8 Å². The number of aryl methyl sites for hydroxylation is 1. The molecule has 1 aliphatic rings. The number of thioether (sulfide) groups is 1. The average molecular weight is 702 g/mol. The number of esters is 1. The third kappa shape index (κ3) is 8.58. The van der Waals surface area contributed by atoms with E-state index in [9.17, 15) is 19.2 Å². The van der Waals surface area contributed by atoms with E-state index in [2.05, 4.69) is 16.0 Å². The Labute approximate surface area is 299 Å². The Balaban J connectivity index is 1.15. The maximum atomic E-state index is 13.6. The Hall–Kier alpha value is -5.45. The molecule has 0 radical (unpaired) electrons. The molecule has 0 aliphatic heterocycles. The van der Waals surface area contributed by atoms with Crippen LogP contribution in [-0.4, -0.2) is 36.6 Å². The minimum Gasteiger partial charge on any atom is -0.465 e. The summed E-state index contributed by atoms with van der Waals surface area (Å²) >= 11 is 2.75. The lowest BCUT2D eigenvalue weighted by Crippen LogP contribution is -2.30. The fourth-order valence-electron chi connectivity index (χ4n) is 5.66. The smallest absolute Gasteiger partial charge is 0.341 e. The van der Waals surface area contributed by atoms with Gasteiger partial charge >= 0.3 is 5.97 Å². The first-order valence-corrected chi connectivity index (χ1v) is 18.0. The van der Waals surface area contributed by atoms with Crippen molar-refractivity contribution in [2.45, 2.75) is 30.6 Å². The molecule has 10 heteroatoms. The van der Waals surface area contributed by atoms with Crippen molar-refractivity contribution in [3.63, 3.8) is 0 Å². The highest BCUT2D eigenvalue weighted by molar-refractivity contribution is 8.00. The second-order valence-corrected chi connectivity index (χ2v) is 13.7. The van der Waals surface area contributed by atoms with Gasteiger partial charge in [-0.25, -0.2) is 4.79 Å². The van der Waals surface area contributed by atoms with Gasteiger partial charge in [0.15, 0.2) is 0 Å². The number of fused-ring (bicyclic) bond motifs is 1. The molecule has 252 valence electrons. The van der Waals surface area contributed by atoms with E-state index in [1.54, 1.807) is 48.5 Å². The van der Waals surface area contributed by atoms with Crippen molar-refractivity contribution in [2.75, 3.05) is 23.5 Å².